The standard InChI is InChI=1S/C35H57NO10/c1-10-12-29(40)44-32-25(36(8)9)18-21(4)42-34(32)45-31-22(5)27(39)19-30(41)43-28(11-2)23(6)33-35(7,46-33)15-13-26(38)20(3)17-24(31)14-16-37/h13,15-16,20-25,27-28,31-34,39H,10-12,14,17-19H2,1-9H3. The van der Waals surface area contributed by atoms with Gasteiger partial charge >= 0.3 is 11.9 Å². The van der Waals surface area contributed by atoms with Crippen molar-refractivity contribution in [1.82, 2.24) is 4.90 Å². The van der Waals surface area contributed by atoms with Gasteiger partial charge in [-0.3, -0.25) is 14.4 Å². The molecule has 46 heavy (non-hydrogen) atoms. The smallest absolute Gasteiger partial charge is 0.308 e. The number of rotatable bonds is 9. The van der Waals surface area contributed by atoms with Crippen LogP contribution in [0.15, 0.2) is 12.2 Å². The highest BCUT2D eigenvalue weighted by molar-refractivity contribution is 5.91. The summed E-state index contributed by atoms with van der Waals surface area (Å²) in [5.41, 5.74) is -0.657. The van der Waals surface area contributed by atoms with Crippen LogP contribution < -0.4 is 0 Å². The summed E-state index contributed by atoms with van der Waals surface area (Å²) in [7, 11) is 3.81. The molecule has 3 aliphatic rings. The van der Waals surface area contributed by atoms with Crippen LogP contribution in [0.2, 0.25) is 0 Å². The van der Waals surface area contributed by atoms with Gasteiger partial charge in [0.25, 0.3) is 0 Å². The third-order valence-corrected chi connectivity index (χ3v) is 9.99. The van der Waals surface area contributed by atoms with E-state index in [1.165, 1.54) is 0 Å². The molecule has 0 radical (unpaired) electrons. The van der Waals surface area contributed by atoms with Crippen molar-refractivity contribution in [2.24, 2.45) is 23.7 Å². The zero-order chi connectivity index (χ0) is 34.3. The van der Waals surface area contributed by atoms with Gasteiger partial charge in [0.1, 0.15) is 18.0 Å². The molecule has 0 aromatic rings. The average Bonchev–Trinajstić information content (AvgIpc) is 3.68. The number of epoxide rings is 1. The van der Waals surface area contributed by atoms with Crippen molar-refractivity contribution in [2.45, 2.75) is 148 Å². The van der Waals surface area contributed by atoms with E-state index >= 15 is 0 Å². The Balaban J connectivity index is 2.01. The first-order valence-corrected chi connectivity index (χ1v) is 17.0. The van der Waals surface area contributed by atoms with Crippen LogP contribution in [0.25, 0.3) is 0 Å². The largest absolute Gasteiger partial charge is 0.462 e. The van der Waals surface area contributed by atoms with E-state index in [4.69, 9.17) is 23.7 Å². The van der Waals surface area contributed by atoms with Gasteiger partial charge in [-0.25, -0.2) is 0 Å². The fourth-order valence-electron chi connectivity index (χ4n) is 7.02. The van der Waals surface area contributed by atoms with Crippen LogP contribution in [-0.2, 0) is 42.9 Å². The van der Waals surface area contributed by atoms with E-state index in [1.807, 2.05) is 60.5 Å². The van der Waals surface area contributed by atoms with Gasteiger partial charge in [0.05, 0.1) is 36.9 Å². The monoisotopic (exact) mass is 651 g/mol. The van der Waals surface area contributed by atoms with Crippen molar-refractivity contribution < 1.29 is 48.0 Å². The minimum Gasteiger partial charge on any atom is -0.462 e. The minimum atomic E-state index is -1.19. The molecule has 0 aromatic carbocycles. The van der Waals surface area contributed by atoms with Crippen molar-refractivity contribution in [3.05, 3.63) is 12.2 Å². The normalized spacial score (nSPS) is 41.0. The number of allylic oxidation sites excluding steroid dienone is 1. The van der Waals surface area contributed by atoms with E-state index in [9.17, 15) is 24.3 Å². The maximum atomic E-state index is 13.4. The number of esters is 2. The number of hydrogen-bond donors (Lipinski definition) is 1. The first-order chi connectivity index (χ1) is 21.6. The van der Waals surface area contributed by atoms with E-state index in [-0.39, 0.29) is 61.6 Å². The first kappa shape index (κ1) is 38.3. The van der Waals surface area contributed by atoms with Crippen LogP contribution >= 0.6 is 0 Å². The van der Waals surface area contributed by atoms with Crippen molar-refractivity contribution in [3.8, 4) is 0 Å². The van der Waals surface area contributed by atoms with Gasteiger partial charge in [0.2, 0.25) is 0 Å². The quantitative estimate of drug-likeness (QED) is 0.220. The summed E-state index contributed by atoms with van der Waals surface area (Å²) in [6.45, 7) is 13.2. The van der Waals surface area contributed by atoms with Crippen LogP contribution in [0.3, 0.4) is 0 Å². The Bertz CT molecular complexity index is 1080. The lowest BCUT2D eigenvalue weighted by Gasteiger charge is -2.45. The molecule has 11 heteroatoms. The third-order valence-electron chi connectivity index (χ3n) is 9.99. The van der Waals surface area contributed by atoms with E-state index in [0.717, 1.165) is 6.29 Å². The van der Waals surface area contributed by atoms with Gasteiger partial charge < -0.3 is 38.5 Å². The Morgan fingerprint density at radius 1 is 1.11 bits per heavy atom. The fourth-order valence-corrected chi connectivity index (χ4v) is 7.02. The number of carbonyl (C=O) groups excluding carboxylic acids is 4. The van der Waals surface area contributed by atoms with Crippen LogP contribution in [0.1, 0.15) is 93.4 Å². The van der Waals surface area contributed by atoms with Crippen molar-refractivity contribution in [2.75, 3.05) is 14.1 Å². The molecule has 1 N–H and O–H groups in total. The summed E-state index contributed by atoms with van der Waals surface area (Å²) in [5.74, 6) is -2.83. The molecule has 13 unspecified atom stereocenters. The lowest BCUT2D eigenvalue weighted by Crippen LogP contribution is -2.57. The molecule has 2 fully saturated rings. The second-order valence-electron chi connectivity index (χ2n) is 14.1. The van der Waals surface area contributed by atoms with Crippen molar-refractivity contribution in [1.29, 1.82) is 0 Å². The van der Waals surface area contributed by atoms with E-state index in [2.05, 4.69) is 0 Å². The number of cyclic esters (lactones) is 1. The van der Waals surface area contributed by atoms with Crippen LogP contribution in [0.5, 0.6) is 0 Å². The molecule has 262 valence electrons. The number of carbonyl (C=O) groups is 4. The molecule has 13 atom stereocenters. The average molecular weight is 652 g/mol. The molecule has 2 saturated heterocycles. The summed E-state index contributed by atoms with van der Waals surface area (Å²) in [5, 5.41) is 11.5. The Kier molecular flexibility index (Phi) is 14.0. The molecule has 0 aliphatic carbocycles. The Hall–Kier alpha value is -2.18. The zero-order valence-corrected chi connectivity index (χ0v) is 29.2. The van der Waals surface area contributed by atoms with E-state index < -0.39 is 60.0 Å². The highest BCUT2D eigenvalue weighted by Gasteiger charge is 2.55. The van der Waals surface area contributed by atoms with Crippen LogP contribution in [0.4, 0.5) is 0 Å². The number of hydrogen-bond acceptors (Lipinski definition) is 11. The number of ether oxygens (including phenoxy) is 5. The van der Waals surface area contributed by atoms with Gasteiger partial charge in [-0.05, 0) is 71.7 Å². The molecule has 0 saturated carbocycles. The molecule has 3 aliphatic heterocycles. The fraction of sp³-hybridized carbons (Fsp3) is 0.829. The summed E-state index contributed by atoms with van der Waals surface area (Å²) in [6, 6.07) is -0.214. The zero-order valence-electron chi connectivity index (χ0n) is 29.2. The molecule has 11 nitrogen and oxygen atoms in total. The van der Waals surface area contributed by atoms with Crippen molar-refractivity contribution in [3.63, 3.8) is 0 Å². The summed E-state index contributed by atoms with van der Waals surface area (Å²) >= 11 is 0. The van der Waals surface area contributed by atoms with Crippen LogP contribution in [0, 0.1) is 23.7 Å². The highest BCUT2D eigenvalue weighted by Crippen LogP contribution is 2.45. The van der Waals surface area contributed by atoms with Gasteiger partial charge in [-0.1, -0.05) is 34.6 Å². The van der Waals surface area contributed by atoms with E-state index in [0.29, 0.717) is 19.3 Å². The maximum Gasteiger partial charge on any atom is 0.308 e. The number of aliphatic hydroxyl groups is 1. The summed E-state index contributed by atoms with van der Waals surface area (Å²) < 4.78 is 30.8. The predicted molar refractivity (Wildman–Crippen MR) is 171 cm³/mol. The Morgan fingerprint density at radius 2 is 1.80 bits per heavy atom. The number of likely N-dealkylation sites (N-methyl/N-ethyl adjacent to an activating group) is 1. The van der Waals surface area contributed by atoms with Gasteiger partial charge in [-0.15, -0.1) is 0 Å². The second-order valence-corrected chi connectivity index (χ2v) is 14.1. The SMILES string of the molecule is CCCC(=O)OC1C(OC2C(CC=O)CC(C)C(=O)C=CC3(C)OC3C(C)C(CC)OC(=O)CC(O)C2C)OC(C)CC1N(C)C. The number of ketones is 1. The molecule has 3 rings (SSSR count). The minimum absolute atomic E-state index is 0.0471. The summed E-state index contributed by atoms with van der Waals surface area (Å²) in [4.78, 5) is 53.3. The molecule has 3 heterocycles. The molecule has 0 aromatic heterocycles. The van der Waals surface area contributed by atoms with Gasteiger partial charge in [0, 0.05) is 30.6 Å². The maximum absolute atomic E-state index is 13.4. The second kappa shape index (κ2) is 16.8. The highest BCUT2D eigenvalue weighted by atomic mass is 16.7. The molecule has 0 spiro atoms. The number of aliphatic hydroxyl groups excluding tert-OH is 1. The summed E-state index contributed by atoms with van der Waals surface area (Å²) in [6.07, 6.45) is 1.45. The van der Waals surface area contributed by atoms with Crippen molar-refractivity contribution >= 4 is 24.0 Å². The topological polar surface area (TPSA) is 141 Å². The van der Waals surface area contributed by atoms with Gasteiger partial charge in [0.15, 0.2) is 18.2 Å². The molecule has 0 bridgehead atoms. The molecular weight excluding hydrogens is 594 g/mol. The Morgan fingerprint density at radius 3 is 2.41 bits per heavy atom. The first-order valence-electron chi connectivity index (χ1n) is 17.0. The number of fused-ring (bicyclic) bond motifs is 1. The molecular formula is C35H57NO10. The van der Waals surface area contributed by atoms with E-state index in [1.54, 1.807) is 19.1 Å². The number of nitrogens with zero attached hydrogens (tertiary/aromatic N) is 1. The van der Waals surface area contributed by atoms with Gasteiger partial charge in [-0.2, -0.15) is 0 Å². The third kappa shape index (κ3) is 9.69. The number of aldehydes is 1. The molecule has 0 amide bonds. The lowest BCUT2D eigenvalue weighted by molar-refractivity contribution is -0.287. The van der Waals surface area contributed by atoms with Crippen LogP contribution in [-0.4, -0.2) is 103 Å². The lowest BCUT2D eigenvalue weighted by atomic mass is 9.79. The predicted octanol–water partition coefficient (Wildman–Crippen LogP) is 4.02. The Labute approximate surface area is 274 Å².